The van der Waals surface area contributed by atoms with E-state index in [1.807, 2.05) is 6.92 Å². The first-order chi connectivity index (χ1) is 7.70. The van der Waals surface area contributed by atoms with Crippen LogP contribution < -0.4 is 5.32 Å². The normalized spacial score (nSPS) is 16.9. The highest BCUT2D eigenvalue weighted by Gasteiger charge is 2.29. The minimum absolute atomic E-state index is 0.174. The molecule has 1 aliphatic rings. The molecule has 5 heteroatoms. The van der Waals surface area contributed by atoms with Gasteiger partial charge in [-0.3, -0.25) is 4.79 Å². The predicted molar refractivity (Wildman–Crippen MR) is 59.9 cm³/mol. The average Bonchev–Trinajstić information content (AvgIpc) is 2.35. The van der Waals surface area contributed by atoms with Gasteiger partial charge in [-0.2, -0.15) is 0 Å². The minimum Gasteiger partial charge on any atom is -0.462 e. The lowest BCUT2D eigenvalue weighted by molar-refractivity contribution is -0.159. The van der Waals surface area contributed by atoms with Gasteiger partial charge in [0.2, 0.25) is 0 Å². The molecule has 0 atom stereocenters. The molecule has 0 spiro atoms. The SMILES string of the molecule is CCCN(C(=O)C(=O)OC)C1CCNCC1. The molecule has 0 unspecified atom stereocenters. The molecule has 1 heterocycles. The first-order valence-corrected chi connectivity index (χ1v) is 5.80. The summed E-state index contributed by atoms with van der Waals surface area (Å²) in [5, 5.41) is 3.24. The zero-order valence-corrected chi connectivity index (χ0v) is 9.99. The second kappa shape index (κ2) is 6.48. The summed E-state index contributed by atoms with van der Waals surface area (Å²) in [5.41, 5.74) is 0. The molecule has 1 N–H and O–H groups in total. The average molecular weight is 228 g/mol. The van der Waals surface area contributed by atoms with Crippen molar-refractivity contribution >= 4 is 11.9 Å². The van der Waals surface area contributed by atoms with Gasteiger partial charge in [0, 0.05) is 12.6 Å². The summed E-state index contributed by atoms with van der Waals surface area (Å²) in [7, 11) is 1.24. The number of esters is 1. The van der Waals surface area contributed by atoms with Crippen molar-refractivity contribution in [3.63, 3.8) is 0 Å². The van der Waals surface area contributed by atoms with Crippen molar-refractivity contribution in [2.24, 2.45) is 0 Å². The molecule has 0 bridgehead atoms. The lowest BCUT2D eigenvalue weighted by Gasteiger charge is -2.33. The highest BCUT2D eigenvalue weighted by atomic mass is 16.5. The van der Waals surface area contributed by atoms with Gasteiger partial charge in [0.15, 0.2) is 0 Å². The van der Waals surface area contributed by atoms with E-state index in [4.69, 9.17) is 0 Å². The molecule has 0 aromatic heterocycles. The Bertz CT molecular complexity index is 250. The molecule has 1 rings (SSSR count). The Labute approximate surface area is 96.1 Å². The molecular weight excluding hydrogens is 208 g/mol. The van der Waals surface area contributed by atoms with Crippen LogP contribution in [0.3, 0.4) is 0 Å². The van der Waals surface area contributed by atoms with E-state index < -0.39 is 11.9 Å². The van der Waals surface area contributed by atoms with Crippen LogP contribution in [0.4, 0.5) is 0 Å². The molecule has 16 heavy (non-hydrogen) atoms. The molecule has 1 saturated heterocycles. The molecule has 1 amide bonds. The van der Waals surface area contributed by atoms with Crippen LogP contribution in [0, 0.1) is 0 Å². The molecular formula is C11H20N2O3. The maximum Gasteiger partial charge on any atom is 0.396 e. The number of piperidine rings is 1. The molecule has 0 aliphatic carbocycles. The van der Waals surface area contributed by atoms with Crippen molar-refractivity contribution in [3.8, 4) is 0 Å². The number of nitrogens with one attached hydrogen (secondary N) is 1. The predicted octanol–water partition coefficient (Wildman–Crippen LogP) is 0.150. The molecule has 0 aromatic rings. The standard InChI is InChI=1S/C11H20N2O3/c1-3-8-13(10(14)11(15)16-2)9-4-6-12-7-5-9/h9,12H,3-8H2,1-2H3. The van der Waals surface area contributed by atoms with Crippen LogP contribution in [-0.2, 0) is 14.3 Å². The van der Waals surface area contributed by atoms with E-state index in [2.05, 4.69) is 10.1 Å². The summed E-state index contributed by atoms with van der Waals surface area (Å²) in [6, 6.07) is 0.174. The topological polar surface area (TPSA) is 58.6 Å². The maximum absolute atomic E-state index is 11.8. The Balaban J connectivity index is 2.64. The Morgan fingerprint density at radius 2 is 2.00 bits per heavy atom. The van der Waals surface area contributed by atoms with E-state index in [9.17, 15) is 9.59 Å². The van der Waals surface area contributed by atoms with E-state index in [1.54, 1.807) is 4.90 Å². The number of amides is 1. The fraction of sp³-hybridized carbons (Fsp3) is 0.818. The number of methoxy groups -OCH3 is 1. The molecule has 92 valence electrons. The smallest absolute Gasteiger partial charge is 0.396 e. The Kier molecular flexibility index (Phi) is 5.25. The summed E-state index contributed by atoms with van der Waals surface area (Å²) < 4.78 is 4.48. The summed E-state index contributed by atoms with van der Waals surface area (Å²) in [6.45, 7) is 4.43. The van der Waals surface area contributed by atoms with Crippen LogP contribution in [0.15, 0.2) is 0 Å². The molecule has 0 saturated carbocycles. The highest BCUT2D eigenvalue weighted by molar-refractivity contribution is 6.32. The van der Waals surface area contributed by atoms with Crippen LogP contribution in [0.2, 0.25) is 0 Å². The monoisotopic (exact) mass is 228 g/mol. The van der Waals surface area contributed by atoms with Gasteiger partial charge in [-0.05, 0) is 32.4 Å². The quantitative estimate of drug-likeness (QED) is 0.552. The molecule has 1 aliphatic heterocycles. The summed E-state index contributed by atoms with van der Waals surface area (Å²) >= 11 is 0. The van der Waals surface area contributed by atoms with Gasteiger partial charge in [-0.25, -0.2) is 4.79 Å². The molecule has 0 aromatic carbocycles. The Morgan fingerprint density at radius 3 is 2.50 bits per heavy atom. The summed E-state index contributed by atoms with van der Waals surface area (Å²) in [4.78, 5) is 24.7. The van der Waals surface area contributed by atoms with Gasteiger partial charge in [-0.15, -0.1) is 0 Å². The Morgan fingerprint density at radius 1 is 1.38 bits per heavy atom. The van der Waals surface area contributed by atoms with Crippen LogP contribution in [0.1, 0.15) is 26.2 Å². The van der Waals surface area contributed by atoms with Gasteiger partial charge in [0.25, 0.3) is 0 Å². The maximum atomic E-state index is 11.8. The van der Waals surface area contributed by atoms with Crippen LogP contribution in [0.25, 0.3) is 0 Å². The minimum atomic E-state index is -0.757. The fourth-order valence-corrected chi connectivity index (χ4v) is 2.01. The van der Waals surface area contributed by atoms with E-state index in [0.717, 1.165) is 32.4 Å². The van der Waals surface area contributed by atoms with Gasteiger partial charge < -0.3 is 15.0 Å². The van der Waals surface area contributed by atoms with Crippen molar-refractivity contribution < 1.29 is 14.3 Å². The third kappa shape index (κ3) is 3.20. The number of carbonyl (C=O) groups excluding carboxylic acids is 2. The zero-order chi connectivity index (χ0) is 12.0. The molecule has 5 nitrogen and oxygen atoms in total. The van der Waals surface area contributed by atoms with Gasteiger partial charge in [-0.1, -0.05) is 6.92 Å². The number of rotatable bonds is 3. The van der Waals surface area contributed by atoms with E-state index in [-0.39, 0.29) is 6.04 Å². The van der Waals surface area contributed by atoms with Crippen molar-refractivity contribution in [2.75, 3.05) is 26.7 Å². The number of hydrogen-bond acceptors (Lipinski definition) is 4. The summed E-state index contributed by atoms with van der Waals surface area (Å²) in [5.74, 6) is -1.26. The van der Waals surface area contributed by atoms with Crippen molar-refractivity contribution in [3.05, 3.63) is 0 Å². The van der Waals surface area contributed by atoms with E-state index >= 15 is 0 Å². The van der Waals surface area contributed by atoms with Crippen LogP contribution in [0.5, 0.6) is 0 Å². The van der Waals surface area contributed by atoms with Crippen molar-refractivity contribution in [1.82, 2.24) is 10.2 Å². The second-order valence-electron chi connectivity index (χ2n) is 3.97. The fourth-order valence-electron chi connectivity index (χ4n) is 2.01. The third-order valence-corrected chi connectivity index (χ3v) is 2.83. The lowest BCUT2D eigenvalue weighted by atomic mass is 10.0. The number of ether oxygens (including phenoxy) is 1. The third-order valence-electron chi connectivity index (χ3n) is 2.83. The second-order valence-corrected chi connectivity index (χ2v) is 3.97. The lowest BCUT2D eigenvalue weighted by Crippen LogP contribution is -2.49. The van der Waals surface area contributed by atoms with E-state index in [1.165, 1.54) is 7.11 Å². The Hall–Kier alpha value is -1.10. The molecule has 0 radical (unpaired) electrons. The van der Waals surface area contributed by atoms with Crippen molar-refractivity contribution in [2.45, 2.75) is 32.2 Å². The molecule has 1 fully saturated rings. The first kappa shape index (κ1) is 13.0. The van der Waals surface area contributed by atoms with Crippen LogP contribution >= 0.6 is 0 Å². The highest BCUT2D eigenvalue weighted by Crippen LogP contribution is 2.13. The van der Waals surface area contributed by atoms with Crippen LogP contribution in [-0.4, -0.2) is 49.6 Å². The number of carbonyl (C=O) groups is 2. The zero-order valence-electron chi connectivity index (χ0n) is 9.99. The first-order valence-electron chi connectivity index (χ1n) is 5.80. The summed E-state index contributed by atoms with van der Waals surface area (Å²) in [6.07, 6.45) is 2.66. The number of hydrogen-bond donors (Lipinski definition) is 1. The largest absolute Gasteiger partial charge is 0.462 e. The van der Waals surface area contributed by atoms with Crippen molar-refractivity contribution in [1.29, 1.82) is 0 Å². The van der Waals surface area contributed by atoms with E-state index in [0.29, 0.717) is 6.54 Å². The van der Waals surface area contributed by atoms with Gasteiger partial charge >= 0.3 is 11.9 Å². The van der Waals surface area contributed by atoms with Gasteiger partial charge in [0.05, 0.1) is 7.11 Å². The number of nitrogens with zero attached hydrogens (tertiary/aromatic N) is 1. The van der Waals surface area contributed by atoms with Gasteiger partial charge in [0.1, 0.15) is 0 Å².